The average Bonchev–Trinajstić information content (AvgIpc) is 2.46. The van der Waals surface area contributed by atoms with Gasteiger partial charge in [0.15, 0.2) is 5.11 Å². The van der Waals surface area contributed by atoms with E-state index in [9.17, 15) is 4.79 Å². The summed E-state index contributed by atoms with van der Waals surface area (Å²) < 4.78 is 5.14. The number of hydrogen-bond acceptors (Lipinski definition) is 3. The molecule has 0 saturated carbocycles. The summed E-state index contributed by atoms with van der Waals surface area (Å²) >= 11 is 4.99. The van der Waals surface area contributed by atoms with E-state index < -0.39 is 0 Å². The minimum atomic E-state index is -0.0806. The van der Waals surface area contributed by atoms with Crippen molar-refractivity contribution in [3.8, 4) is 5.75 Å². The van der Waals surface area contributed by atoms with Crippen molar-refractivity contribution in [1.82, 2.24) is 15.6 Å². The summed E-state index contributed by atoms with van der Waals surface area (Å²) in [5, 5.41) is 7.41. The van der Waals surface area contributed by atoms with Gasteiger partial charge in [-0.25, -0.2) is 0 Å². The maximum absolute atomic E-state index is 12.0. The van der Waals surface area contributed by atoms with Gasteiger partial charge in [0.25, 0.3) is 5.56 Å². The predicted octanol–water partition coefficient (Wildman–Crippen LogP) is 1.17. The van der Waals surface area contributed by atoms with Crippen molar-refractivity contribution in [2.24, 2.45) is 0 Å². The number of nitrogens with one attached hydrogen (secondary N) is 3. The molecule has 0 aliphatic carbocycles. The second-order valence-electron chi connectivity index (χ2n) is 4.33. The topological polar surface area (TPSA) is 66.2 Å². The monoisotopic (exact) mass is 291 g/mol. The van der Waals surface area contributed by atoms with Crippen LogP contribution in [0.2, 0.25) is 0 Å². The normalized spacial score (nSPS) is 10.3. The molecule has 1 aromatic carbocycles. The molecule has 1 aromatic heterocycles. The molecule has 0 saturated heterocycles. The SMILES string of the molecule is CNC(=S)NCCc1cc2ccc(OC)cc2[nH]c1=O. The van der Waals surface area contributed by atoms with Crippen molar-refractivity contribution in [1.29, 1.82) is 0 Å². The van der Waals surface area contributed by atoms with Crippen LogP contribution in [0.4, 0.5) is 0 Å². The first-order valence-corrected chi connectivity index (χ1v) is 6.70. The number of rotatable bonds is 4. The van der Waals surface area contributed by atoms with Crippen LogP contribution >= 0.6 is 12.2 Å². The largest absolute Gasteiger partial charge is 0.497 e. The molecule has 106 valence electrons. The number of aromatic nitrogens is 1. The zero-order chi connectivity index (χ0) is 14.5. The van der Waals surface area contributed by atoms with Gasteiger partial charge in [0, 0.05) is 25.2 Å². The van der Waals surface area contributed by atoms with Crippen LogP contribution in [0.1, 0.15) is 5.56 Å². The Hall–Kier alpha value is -2.08. The fraction of sp³-hybridized carbons (Fsp3) is 0.286. The molecular weight excluding hydrogens is 274 g/mol. The summed E-state index contributed by atoms with van der Waals surface area (Å²) in [4.78, 5) is 14.9. The van der Waals surface area contributed by atoms with Crippen molar-refractivity contribution in [2.75, 3.05) is 20.7 Å². The predicted molar refractivity (Wildman–Crippen MR) is 84.5 cm³/mol. The van der Waals surface area contributed by atoms with E-state index in [1.807, 2.05) is 24.3 Å². The van der Waals surface area contributed by atoms with Crippen LogP contribution in [-0.2, 0) is 6.42 Å². The standard InChI is InChI=1S/C14H17N3O2S/c1-15-14(20)16-6-5-10-7-9-3-4-11(19-2)8-12(9)17-13(10)18/h3-4,7-8H,5-6H2,1-2H3,(H,17,18)(H2,15,16,20). The van der Waals surface area contributed by atoms with Crippen molar-refractivity contribution >= 4 is 28.2 Å². The summed E-state index contributed by atoms with van der Waals surface area (Å²) in [6.45, 7) is 0.615. The summed E-state index contributed by atoms with van der Waals surface area (Å²) in [6.07, 6.45) is 0.610. The van der Waals surface area contributed by atoms with Crippen molar-refractivity contribution in [3.63, 3.8) is 0 Å². The van der Waals surface area contributed by atoms with E-state index >= 15 is 0 Å². The van der Waals surface area contributed by atoms with Gasteiger partial charge in [-0.1, -0.05) is 0 Å². The molecule has 2 rings (SSSR count). The van der Waals surface area contributed by atoms with Crippen LogP contribution in [0, 0.1) is 0 Å². The molecule has 0 unspecified atom stereocenters. The van der Waals surface area contributed by atoms with Gasteiger partial charge in [-0.2, -0.15) is 0 Å². The van der Waals surface area contributed by atoms with Crippen LogP contribution in [0.15, 0.2) is 29.1 Å². The number of aromatic amines is 1. The highest BCUT2D eigenvalue weighted by Gasteiger charge is 2.04. The Balaban J connectivity index is 2.20. The number of thiocarbonyl (C=S) groups is 1. The minimum absolute atomic E-state index is 0.0806. The Morgan fingerprint density at radius 3 is 2.90 bits per heavy atom. The van der Waals surface area contributed by atoms with Crippen LogP contribution in [-0.4, -0.2) is 30.8 Å². The molecule has 0 amide bonds. The van der Waals surface area contributed by atoms with E-state index in [1.165, 1.54) is 0 Å². The van der Waals surface area contributed by atoms with E-state index in [-0.39, 0.29) is 5.56 Å². The second-order valence-corrected chi connectivity index (χ2v) is 4.74. The van der Waals surface area contributed by atoms with Gasteiger partial charge in [0.2, 0.25) is 0 Å². The maximum atomic E-state index is 12.0. The molecule has 2 aromatic rings. The molecule has 0 atom stereocenters. The Bertz CT molecular complexity index is 682. The first kappa shape index (κ1) is 14.3. The molecule has 0 aliphatic rings. The zero-order valence-corrected chi connectivity index (χ0v) is 12.3. The van der Waals surface area contributed by atoms with Crippen LogP contribution in [0.3, 0.4) is 0 Å². The lowest BCUT2D eigenvalue weighted by Gasteiger charge is -2.08. The molecule has 0 aliphatic heterocycles. The Morgan fingerprint density at radius 2 is 2.20 bits per heavy atom. The molecule has 0 radical (unpaired) electrons. The Labute approximate surface area is 122 Å². The number of H-pyrrole nitrogens is 1. The quantitative estimate of drug-likeness (QED) is 0.738. The number of fused-ring (bicyclic) bond motifs is 1. The average molecular weight is 291 g/mol. The highest BCUT2D eigenvalue weighted by atomic mass is 32.1. The van der Waals surface area contributed by atoms with Gasteiger partial charge < -0.3 is 20.4 Å². The molecule has 0 fully saturated rings. The lowest BCUT2D eigenvalue weighted by atomic mass is 10.1. The number of hydrogen-bond donors (Lipinski definition) is 3. The van der Waals surface area contributed by atoms with Gasteiger partial charge >= 0.3 is 0 Å². The smallest absolute Gasteiger partial charge is 0.251 e. The third-order valence-corrected chi connectivity index (χ3v) is 3.39. The molecule has 20 heavy (non-hydrogen) atoms. The van der Waals surface area contributed by atoms with Crippen LogP contribution in [0.5, 0.6) is 5.75 Å². The van der Waals surface area contributed by atoms with E-state index in [0.29, 0.717) is 18.1 Å². The minimum Gasteiger partial charge on any atom is -0.497 e. The first-order chi connectivity index (χ1) is 9.63. The van der Waals surface area contributed by atoms with Gasteiger partial charge in [-0.05, 0) is 42.2 Å². The van der Waals surface area contributed by atoms with E-state index in [0.717, 1.165) is 22.2 Å². The summed E-state index contributed by atoms with van der Waals surface area (Å²) in [5.74, 6) is 0.724. The molecule has 6 heteroatoms. The van der Waals surface area contributed by atoms with Gasteiger partial charge in [0.05, 0.1) is 12.6 Å². The molecule has 0 spiro atoms. The Morgan fingerprint density at radius 1 is 1.40 bits per heavy atom. The van der Waals surface area contributed by atoms with Crippen LogP contribution in [0.25, 0.3) is 10.9 Å². The molecule has 3 N–H and O–H groups in total. The number of methoxy groups -OCH3 is 1. The molecular formula is C14H17N3O2S. The van der Waals surface area contributed by atoms with E-state index in [1.54, 1.807) is 14.2 Å². The summed E-state index contributed by atoms with van der Waals surface area (Å²) in [6, 6.07) is 7.52. The summed E-state index contributed by atoms with van der Waals surface area (Å²) in [7, 11) is 3.36. The molecule has 0 bridgehead atoms. The highest BCUT2D eigenvalue weighted by molar-refractivity contribution is 7.80. The third kappa shape index (κ3) is 3.27. The fourth-order valence-electron chi connectivity index (χ4n) is 1.94. The maximum Gasteiger partial charge on any atom is 0.251 e. The highest BCUT2D eigenvalue weighted by Crippen LogP contribution is 2.18. The van der Waals surface area contributed by atoms with E-state index in [2.05, 4.69) is 15.6 Å². The first-order valence-electron chi connectivity index (χ1n) is 6.29. The van der Waals surface area contributed by atoms with Crippen molar-refractivity contribution < 1.29 is 4.74 Å². The molecule has 5 nitrogen and oxygen atoms in total. The third-order valence-electron chi connectivity index (χ3n) is 3.04. The van der Waals surface area contributed by atoms with Gasteiger partial charge in [0.1, 0.15) is 5.75 Å². The fourth-order valence-corrected chi connectivity index (χ4v) is 2.04. The number of ether oxygens (including phenoxy) is 1. The Kier molecular flexibility index (Phi) is 4.57. The number of benzene rings is 1. The van der Waals surface area contributed by atoms with Gasteiger partial charge in [-0.3, -0.25) is 4.79 Å². The zero-order valence-electron chi connectivity index (χ0n) is 11.4. The lowest BCUT2D eigenvalue weighted by molar-refractivity contribution is 0.415. The van der Waals surface area contributed by atoms with Crippen molar-refractivity contribution in [2.45, 2.75) is 6.42 Å². The van der Waals surface area contributed by atoms with Gasteiger partial charge in [-0.15, -0.1) is 0 Å². The van der Waals surface area contributed by atoms with Crippen molar-refractivity contribution in [3.05, 3.63) is 40.2 Å². The second kappa shape index (κ2) is 6.38. The molecule has 1 heterocycles. The lowest BCUT2D eigenvalue weighted by Crippen LogP contribution is -2.34. The van der Waals surface area contributed by atoms with E-state index in [4.69, 9.17) is 17.0 Å². The number of pyridine rings is 1. The van der Waals surface area contributed by atoms with Crippen LogP contribution < -0.4 is 20.9 Å². The summed E-state index contributed by atoms with van der Waals surface area (Å²) in [5.41, 5.74) is 1.42.